The fraction of sp³-hybridized carbons (Fsp3) is 0.294. The molecule has 0 fully saturated rings. The summed E-state index contributed by atoms with van der Waals surface area (Å²) in [5.41, 5.74) is 13.5. The third kappa shape index (κ3) is 4.50. The Hall–Kier alpha value is -3.06. The summed E-state index contributed by atoms with van der Waals surface area (Å²) in [6.45, 7) is 7.24. The molecule has 0 saturated heterocycles. The maximum Gasteiger partial charge on any atom is 0.242 e. The fourth-order valence-electron chi connectivity index (χ4n) is 6.33. The van der Waals surface area contributed by atoms with Crippen molar-refractivity contribution in [2.75, 3.05) is 0 Å². The summed E-state index contributed by atoms with van der Waals surface area (Å²) in [5.74, 6) is 0.281. The SMILES string of the molecule is CCCc1cc(CCC)c(B2c3ccccc3C(c3ccccc3)c3ccccc32)c(CCC)c1. The molecule has 0 radical (unpaired) electrons. The highest BCUT2D eigenvalue weighted by Crippen LogP contribution is 2.33. The van der Waals surface area contributed by atoms with E-state index >= 15 is 0 Å². The average Bonchev–Trinajstić information content (AvgIpc) is 2.89. The van der Waals surface area contributed by atoms with Crippen LogP contribution in [-0.4, -0.2) is 6.71 Å². The van der Waals surface area contributed by atoms with Crippen molar-refractivity contribution in [1.82, 2.24) is 0 Å². The molecule has 1 aliphatic heterocycles. The van der Waals surface area contributed by atoms with Gasteiger partial charge in [-0.2, -0.15) is 0 Å². The molecule has 35 heavy (non-hydrogen) atoms. The second-order valence-electron chi connectivity index (χ2n) is 10.1. The Morgan fingerprint density at radius 2 is 1.06 bits per heavy atom. The number of hydrogen-bond acceptors (Lipinski definition) is 0. The summed E-state index contributed by atoms with van der Waals surface area (Å²) in [5, 5.41) is 0. The molecule has 1 aliphatic rings. The van der Waals surface area contributed by atoms with Gasteiger partial charge in [0.25, 0.3) is 0 Å². The lowest BCUT2D eigenvalue weighted by Gasteiger charge is -2.35. The Morgan fingerprint density at radius 3 is 1.57 bits per heavy atom. The van der Waals surface area contributed by atoms with Gasteiger partial charge in [0.2, 0.25) is 6.71 Å². The predicted molar refractivity (Wildman–Crippen MR) is 153 cm³/mol. The second kappa shape index (κ2) is 10.7. The monoisotopic (exact) mass is 456 g/mol. The molecule has 0 N–H and O–H groups in total. The molecule has 0 atom stereocenters. The normalized spacial score (nSPS) is 12.9. The van der Waals surface area contributed by atoms with Crippen LogP contribution in [0, 0.1) is 0 Å². The number of benzene rings is 4. The molecule has 0 unspecified atom stereocenters. The molecule has 4 aromatic carbocycles. The molecule has 0 spiro atoms. The van der Waals surface area contributed by atoms with Crippen LogP contribution in [0.2, 0.25) is 0 Å². The first-order chi connectivity index (χ1) is 17.3. The topological polar surface area (TPSA) is 0 Å². The van der Waals surface area contributed by atoms with E-state index in [1.54, 1.807) is 16.6 Å². The third-order valence-corrected chi connectivity index (χ3v) is 7.65. The van der Waals surface area contributed by atoms with Crippen molar-refractivity contribution in [1.29, 1.82) is 0 Å². The van der Waals surface area contributed by atoms with E-state index in [4.69, 9.17) is 0 Å². The highest BCUT2D eigenvalue weighted by atomic mass is 14.3. The van der Waals surface area contributed by atoms with Gasteiger partial charge < -0.3 is 0 Å². The van der Waals surface area contributed by atoms with Crippen molar-refractivity contribution in [3.63, 3.8) is 0 Å². The minimum absolute atomic E-state index is 0.281. The van der Waals surface area contributed by atoms with Crippen molar-refractivity contribution >= 4 is 23.1 Å². The zero-order valence-electron chi connectivity index (χ0n) is 21.6. The van der Waals surface area contributed by atoms with Crippen LogP contribution in [0.25, 0.3) is 0 Å². The molecular formula is C34H37B. The molecule has 1 heteroatoms. The summed E-state index contributed by atoms with van der Waals surface area (Å²) in [6, 6.07) is 34.6. The molecule has 176 valence electrons. The van der Waals surface area contributed by atoms with Gasteiger partial charge in [0.05, 0.1) is 0 Å². The van der Waals surface area contributed by atoms with Gasteiger partial charge in [0.15, 0.2) is 0 Å². The van der Waals surface area contributed by atoms with Crippen LogP contribution >= 0.6 is 0 Å². The summed E-state index contributed by atoms with van der Waals surface area (Å²) in [4.78, 5) is 0. The summed E-state index contributed by atoms with van der Waals surface area (Å²) < 4.78 is 0. The quantitative estimate of drug-likeness (QED) is 0.232. The molecule has 0 nitrogen and oxygen atoms in total. The van der Waals surface area contributed by atoms with E-state index in [2.05, 4.69) is 112 Å². The first-order valence-electron chi connectivity index (χ1n) is 13.6. The highest BCUT2D eigenvalue weighted by molar-refractivity contribution is 6.97. The highest BCUT2D eigenvalue weighted by Gasteiger charge is 2.37. The molecule has 1 heterocycles. The van der Waals surface area contributed by atoms with Crippen molar-refractivity contribution in [2.24, 2.45) is 0 Å². The van der Waals surface area contributed by atoms with Crippen LogP contribution in [-0.2, 0) is 19.3 Å². The van der Waals surface area contributed by atoms with Crippen LogP contribution < -0.4 is 16.4 Å². The molecule has 0 aromatic heterocycles. The smallest absolute Gasteiger partial charge is 0.0667 e. The van der Waals surface area contributed by atoms with E-state index in [-0.39, 0.29) is 5.92 Å². The molecule has 5 rings (SSSR count). The Labute approximate surface area is 212 Å². The molecule has 0 aliphatic carbocycles. The van der Waals surface area contributed by atoms with E-state index in [9.17, 15) is 0 Å². The van der Waals surface area contributed by atoms with Crippen LogP contribution in [0.3, 0.4) is 0 Å². The number of aryl methyl sites for hydroxylation is 3. The fourth-order valence-corrected chi connectivity index (χ4v) is 6.33. The van der Waals surface area contributed by atoms with E-state index in [1.165, 1.54) is 58.9 Å². The maximum atomic E-state index is 2.54. The van der Waals surface area contributed by atoms with Crippen molar-refractivity contribution in [2.45, 2.75) is 65.2 Å². The summed E-state index contributed by atoms with van der Waals surface area (Å²) in [7, 11) is 0. The third-order valence-electron chi connectivity index (χ3n) is 7.65. The molecule has 0 amide bonds. The van der Waals surface area contributed by atoms with Gasteiger partial charge >= 0.3 is 0 Å². The van der Waals surface area contributed by atoms with E-state index < -0.39 is 0 Å². The summed E-state index contributed by atoms with van der Waals surface area (Å²) in [6.07, 6.45) is 7.01. The number of fused-ring (bicyclic) bond motifs is 2. The van der Waals surface area contributed by atoms with Crippen LogP contribution in [0.1, 0.15) is 79.3 Å². The van der Waals surface area contributed by atoms with Crippen LogP contribution in [0.5, 0.6) is 0 Å². The minimum atomic E-state index is 0.281. The molecule has 0 saturated carbocycles. The number of rotatable bonds is 8. The van der Waals surface area contributed by atoms with Gasteiger partial charge in [-0.25, -0.2) is 0 Å². The van der Waals surface area contributed by atoms with E-state index in [0.29, 0.717) is 6.71 Å². The lowest BCUT2D eigenvalue weighted by molar-refractivity contribution is 0.878. The molecular weight excluding hydrogens is 419 g/mol. The predicted octanol–water partition coefficient (Wildman–Crippen LogP) is 6.55. The minimum Gasteiger partial charge on any atom is -0.0667 e. The molecule has 4 aromatic rings. The maximum absolute atomic E-state index is 2.54. The number of hydrogen-bond donors (Lipinski definition) is 0. The Kier molecular flexibility index (Phi) is 7.23. The lowest BCUT2D eigenvalue weighted by atomic mass is 9.31. The van der Waals surface area contributed by atoms with Crippen LogP contribution in [0.15, 0.2) is 91.0 Å². The van der Waals surface area contributed by atoms with Crippen molar-refractivity contribution < 1.29 is 0 Å². The Morgan fingerprint density at radius 1 is 0.571 bits per heavy atom. The van der Waals surface area contributed by atoms with Crippen molar-refractivity contribution in [3.05, 3.63) is 124 Å². The van der Waals surface area contributed by atoms with E-state index in [1.807, 2.05) is 0 Å². The Balaban J connectivity index is 1.79. The van der Waals surface area contributed by atoms with Gasteiger partial charge in [-0.3, -0.25) is 0 Å². The first kappa shape index (κ1) is 23.7. The van der Waals surface area contributed by atoms with Gasteiger partial charge in [-0.15, -0.1) is 0 Å². The largest absolute Gasteiger partial charge is 0.242 e. The average molecular weight is 456 g/mol. The zero-order chi connectivity index (χ0) is 24.2. The van der Waals surface area contributed by atoms with Gasteiger partial charge in [-0.1, -0.05) is 159 Å². The molecule has 0 bridgehead atoms. The summed E-state index contributed by atoms with van der Waals surface area (Å²) >= 11 is 0. The van der Waals surface area contributed by atoms with Crippen molar-refractivity contribution in [3.8, 4) is 0 Å². The lowest BCUT2D eigenvalue weighted by Crippen LogP contribution is -2.59. The van der Waals surface area contributed by atoms with Gasteiger partial charge in [-0.05, 0) is 41.5 Å². The van der Waals surface area contributed by atoms with Gasteiger partial charge in [0, 0.05) is 5.92 Å². The zero-order valence-corrected chi connectivity index (χ0v) is 21.6. The second-order valence-corrected chi connectivity index (χ2v) is 10.1. The van der Waals surface area contributed by atoms with E-state index in [0.717, 1.165) is 12.8 Å². The standard InChI is InChI=1S/C34H37B/c1-4-14-25-23-27(15-5-2)34(28(24-25)16-6-3)35-31-21-12-10-19-29(31)33(26-17-8-7-9-18-26)30-20-11-13-22-32(30)35/h7-13,17-24,33H,4-6,14-16H2,1-3H3. The van der Waals surface area contributed by atoms with Gasteiger partial charge in [0.1, 0.15) is 0 Å². The van der Waals surface area contributed by atoms with Crippen LogP contribution in [0.4, 0.5) is 0 Å². The first-order valence-corrected chi connectivity index (χ1v) is 13.6. The Bertz CT molecular complexity index is 1210.